The van der Waals surface area contributed by atoms with Gasteiger partial charge >= 0.3 is 0 Å². The number of oxazole rings is 1. The van der Waals surface area contributed by atoms with Crippen LogP contribution >= 0.6 is 0 Å². The van der Waals surface area contributed by atoms with E-state index in [9.17, 15) is 0 Å². The van der Waals surface area contributed by atoms with Crippen molar-refractivity contribution in [3.8, 4) is 0 Å². The second kappa shape index (κ2) is 3.69. The van der Waals surface area contributed by atoms with Crippen LogP contribution in [0, 0.1) is 5.92 Å². The highest BCUT2D eigenvalue weighted by Crippen LogP contribution is 2.65. The van der Waals surface area contributed by atoms with Gasteiger partial charge in [-0.2, -0.15) is 0 Å². The predicted octanol–water partition coefficient (Wildman–Crippen LogP) is 2.58. The summed E-state index contributed by atoms with van der Waals surface area (Å²) in [6.07, 6.45) is 4.34. The molecule has 0 aliphatic heterocycles. The first-order chi connectivity index (χ1) is 8.88. The molecule has 0 bridgehead atoms. The van der Waals surface area contributed by atoms with Crippen LogP contribution in [-0.4, -0.2) is 4.98 Å². The van der Waals surface area contributed by atoms with E-state index in [2.05, 4.69) is 29.2 Å². The molecule has 1 heterocycles. The van der Waals surface area contributed by atoms with Gasteiger partial charge in [0.1, 0.15) is 5.76 Å². The van der Waals surface area contributed by atoms with Gasteiger partial charge in [-0.15, -0.1) is 0 Å². The molecule has 3 nitrogen and oxygen atoms in total. The number of aryl methyl sites for hydroxylation is 1. The van der Waals surface area contributed by atoms with Crippen molar-refractivity contribution in [3.63, 3.8) is 0 Å². The minimum atomic E-state index is 0.388. The van der Waals surface area contributed by atoms with Gasteiger partial charge in [0.25, 0.3) is 0 Å². The van der Waals surface area contributed by atoms with Crippen LogP contribution in [0.15, 0.2) is 34.9 Å². The van der Waals surface area contributed by atoms with Crippen LogP contribution in [0.2, 0.25) is 0 Å². The third-order valence-electron chi connectivity index (χ3n) is 4.40. The first-order valence-corrected chi connectivity index (χ1v) is 6.61. The van der Waals surface area contributed by atoms with Crippen LogP contribution in [0.4, 0.5) is 0 Å². The molecule has 0 amide bonds. The summed E-state index contributed by atoms with van der Waals surface area (Å²) in [6.45, 7) is 0.388. The van der Waals surface area contributed by atoms with Crippen molar-refractivity contribution in [1.82, 2.24) is 4.98 Å². The van der Waals surface area contributed by atoms with E-state index in [1.165, 1.54) is 24.0 Å². The van der Waals surface area contributed by atoms with Gasteiger partial charge in [-0.25, -0.2) is 4.98 Å². The van der Waals surface area contributed by atoms with E-state index in [1.54, 1.807) is 0 Å². The lowest BCUT2D eigenvalue weighted by Gasteiger charge is -2.13. The number of hydrogen-bond donors (Lipinski definition) is 1. The Balaban J connectivity index is 1.68. The van der Waals surface area contributed by atoms with Crippen LogP contribution in [0.3, 0.4) is 0 Å². The molecule has 3 unspecified atom stereocenters. The lowest BCUT2D eigenvalue weighted by Crippen LogP contribution is -2.00. The molecule has 1 aromatic heterocycles. The minimum Gasteiger partial charge on any atom is -0.444 e. The molecular formula is C15H16N2O. The number of rotatable bonds is 2. The van der Waals surface area contributed by atoms with Crippen LogP contribution in [0.1, 0.15) is 41.0 Å². The zero-order valence-corrected chi connectivity index (χ0v) is 10.2. The average Bonchev–Trinajstić information content (AvgIpc) is 2.98. The van der Waals surface area contributed by atoms with Crippen molar-refractivity contribution in [2.75, 3.05) is 0 Å². The van der Waals surface area contributed by atoms with E-state index in [-0.39, 0.29) is 0 Å². The van der Waals surface area contributed by atoms with Crippen LogP contribution in [0.25, 0.3) is 0 Å². The maximum absolute atomic E-state index is 5.73. The van der Waals surface area contributed by atoms with Crippen molar-refractivity contribution >= 4 is 0 Å². The zero-order valence-electron chi connectivity index (χ0n) is 10.2. The first-order valence-electron chi connectivity index (χ1n) is 6.61. The van der Waals surface area contributed by atoms with E-state index < -0.39 is 0 Å². The SMILES string of the molecule is NCc1ncc(C2C3CCc4ccccc4C32)o1. The Kier molecular flexibility index (Phi) is 2.12. The van der Waals surface area contributed by atoms with Gasteiger partial charge < -0.3 is 10.2 Å². The summed E-state index contributed by atoms with van der Waals surface area (Å²) in [4.78, 5) is 4.22. The number of hydrogen-bond acceptors (Lipinski definition) is 3. The summed E-state index contributed by atoms with van der Waals surface area (Å²) in [5.41, 5.74) is 8.58. The van der Waals surface area contributed by atoms with Crippen LogP contribution < -0.4 is 5.73 Å². The van der Waals surface area contributed by atoms with Crippen molar-refractivity contribution in [2.24, 2.45) is 11.7 Å². The van der Waals surface area contributed by atoms with Gasteiger partial charge in [0.15, 0.2) is 0 Å². The Morgan fingerprint density at radius 1 is 1.28 bits per heavy atom. The van der Waals surface area contributed by atoms with Gasteiger partial charge in [-0.3, -0.25) is 0 Å². The summed E-state index contributed by atoms with van der Waals surface area (Å²) >= 11 is 0. The molecule has 3 atom stereocenters. The Morgan fingerprint density at radius 2 is 2.17 bits per heavy atom. The summed E-state index contributed by atoms with van der Waals surface area (Å²) in [6, 6.07) is 8.80. The Labute approximate surface area is 106 Å². The fraction of sp³-hybridized carbons (Fsp3) is 0.400. The maximum atomic E-state index is 5.73. The number of nitrogens with zero attached hydrogens (tertiary/aromatic N) is 1. The van der Waals surface area contributed by atoms with Gasteiger partial charge in [0.2, 0.25) is 5.89 Å². The number of benzene rings is 1. The second-order valence-corrected chi connectivity index (χ2v) is 5.31. The van der Waals surface area contributed by atoms with Crippen molar-refractivity contribution in [1.29, 1.82) is 0 Å². The Morgan fingerprint density at radius 3 is 3.00 bits per heavy atom. The molecule has 2 aromatic rings. The molecule has 2 aliphatic rings. The molecule has 4 rings (SSSR count). The fourth-order valence-corrected chi connectivity index (χ4v) is 3.53. The van der Waals surface area contributed by atoms with Crippen molar-refractivity contribution in [3.05, 3.63) is 53.2 Å². The first kappa shape index (κ1) is 10.3. The minimum absolute atomic E-state index is 0.388. The topological polar surface area (TPSA) is 52.0 Å². The van der Waals surface area contributed by atoms with Gasteiger partial charge in [0.05, 0.1) is 12.7 Å². The number of fused-ring (bicyclic) bond motifs is 3. The molecule has 0 saturated heterocycles. The molecular weight excluding hydrogens is 224 g/mol. The van der Waals surface area contributed by atoms with Gasteiger partial charge in [-0.05, 0) is 35.8 Å². The standard InChI is InChI=1S/C15H16N2O/c16-7-13-17-8-12(18-13)15-11-6-5-9-3-1-2-4-10(9)14(11)15/h1-4,8,11,14-15H,5-7,16H2. The third kappa shape index (κ3) is 1.37. The monoisotopic (exact) mass is 240 g/mol. The maximum Gasteiger partial charge on any atom is 0.208 e. The number of nitrogens with two attached hydrogens (primary N) is 1. The second-order valence-electron chi connectivity index (χ2n) is 5.31. The van der Waals surface area contributed by atoms with Crippen molar-refractivity contribution < 1.29 is 4.42 Å². The summed E-state index contributed by atoms with van der Waals surface area (Å²) in [7, 11) is 0. The quantitative estimate of drug-likeness (QED) is 0.877. The summed E-state index contributed by atoms with van der Waals surface area (Å²) < 4.78 is 5.73. The van der Waals surface area contributed by atoms with Crippen LogP contribution in [-0.2, 0) is 13.0 Å². The third-order valence-corrected chi connectivity index (χ3v) is 4.40. The molecule has 3 heteroatoms. The predicted molar refractivity (Wildman–Crippen MR) is 68.1 cm³/mol. The summed E-state index contributed by atoms with van der Waals surface area (Å²) in [5.74, 6) is 3.61. The number of aromatic nitrogens is 1. The highest BCUT2D eigenvalue weighted by Gasteiger charge is 2.55. The fourth-order valence-electron chi connectivity index (χ4n) is 3.53. The lowest BCUT2D eigenvalue weighted by molar-refractivity contribution is 0.450. The highest BCUT2D eigenvalue weighted by atomic mass is 16.4. The molecule has 0 spiro atoms. The summed E-state index contributed by atoms with van der Waals surface area (Å²) in [5, 5.41) is 0. The van der Waals surface area contributed by atoms with E-state index >= 15 is 0 Å². The molecule has 1 aromatic carbocycles. The Hall–Kier alpha value is -1.61. The molecule has 1 fully saturated rings. The zero-order chi connectivity index (χ0) is 12.1. The normalized spacial score (nSPS) is 28.6. The van der Waals surface area contributed by atoms with Crippen LogP contribution in [0.5, 0.6) is 0 Å². The smallest absolute Gasteiger partial charge is 0.208 e. The van der Waals surface area contributed by atoms with E-state index in [0.717, 1.165) is 11.7 Å². The van der Waals surface area contributed by atoms with Crippen molar-refractivity contribution in [2.45, 2.75) is 31.2 Å². The van der Waals surface area contributed by atoms with E-state index in [1.807, 2.05) is 6.20 Å². The molecule has 1 saturated carbocycles. The molecule has 2 N–H and O–H groups in total. The van der Waals surface area contributed by atoms with E-state index in [0.29, 0.717) is 24.3 Å². The molecule has 2 aliphatic carbocycles. The molecule has 92 valence electrons. The molecule has 18 heavy (non-hydrogen) atoms. The largest absolute Gasteiger partial charge is 0.444 e. The van der Waals surface area contributed by atoms with Gasteiger partial charge in [-0.1, -0.05) is 24.3 Å². The Bertz CT molecular complexity index is 590. The highest BCUT2D eigenvalue weighted by molar-refractivity contribution is 5.43. The van der Waals surface area contributed by atoms with E-state index in [4.69, 9.17) is 10.2 Å². The van der Waals surface area contributed by atoms with Gasteiger partial charge in [0, 0.05) is 5.92 Å². The lowest BCUT2D eigenvalue weighted by atomic mass is 9.92. The molecule has 0 radical (unpaired) electrons. The average molecular weight is 240 g/mol.